The lowest BCUT2D eigenvalue weighted by Gasteiger charge is -1.96. The first-order valence-corrected chi connectivity index (χ1v) is 8.22. The van der Waals surface area contributed by atoms with Gasteiger partial charge in [0.1, 0.15) is 11.0 Å². The normalized spacial score (nSPS) is 10.8. The molecule has 2 aromatic carbocycles. The number of hydrogen-bond acceptors (Lipinski definition) is 4. The summed E-state index contributed by atoms with van der Waals surface area (Å²) in [6, 6.07) is 12.3. The lowest BCUT2D eigenvalue weighted by Crippen LogP contribution is -1.95. The Morgan fingerprint density at radius 2 is 1.54 bits per heavy atom. The van der Waals surface area contributed by atoms with Gasteiger partial charge in [-0.15, -0.1) is 10.2 Å². The van der Waals surface area contributed by atoms with Gasteiger partial charge in [0.05, 0.1) is 11.0 Å². The van der Waals surface area contributed by atoms with Crippen molar-refractivity contribution in [2.24, 2.45) is 0 Å². The summed E-state index contributed by atoms with van der Waals surface area (Å²) in [6.45, 7) is 9.99. The maximum atomic E-state index is 4.10. The number of benzene rings is 2. The predicted octanol–water partition coefficient (Wildman–Crippen LogP) is 3.52. The second-order valence-corrected chi connectivity index (χ2v) is 5.75. The van der Waals surface area contributed by atoms with E-state index in [4.69, 9.17) is 0 Å². The van der Waals surface area contributed by atoms with Gasteiger partial charge in [-0.2, -0.15) is 0 Å². The van der Waals surface area contributed by atoms with Crippen molar-refractivity contribution in [1.82, 2.24) is 30.0 Å². The first kappa shape index (κ1) is 16.1. The Balaban J connectivity index is 0.000000141. The van der Waals surface area contributed by atoms with E-state index in [2.05, 4.69) is 72.6 Å². The second-order valence-electron chi connectivity index (χ2n) is 5.75. The minimum Gasteiger partial charge on any atom is -0.245 e. The molecule has 2 aromatic heterocycles. The lowest BCUT2D eigenvalue weighted by atomic mass is 10.2. The highest BCUT2D eigenvalue weighted by Gasteiger charge is 2.03. The summed E-state index contributed by atoms with van der Waals surface area (Å²) in [7, 11) is 0. The van der Waals surface area contributed by atoms with Gasteiger partial charge in [-0.25, -0.2) is 9.36 Å². The quantitative estimate of drug-likeness (QED) is 0.566. The smallest absolute Gasteiger partial charge is 0.116 e. The Kier molecular flexibility index (Phi) is 4.55. The number of aryl methyl sites for hydroxylation is 4. The molecular formula is C18H22N6. The van der Waals surface area contributed by atoms with E-state index in [0.717, 1.165) is 35.2 Å². The first-order chi connectivity index (χ1) is 11.6. The van der Waals surface area contributed by atoms with Gasteiger partial charge in [-0.3, -0.25) is 0 Å². The van der Waals surface area contributed by atoms with Crippen LogP contribution in [0, 0.1) is 13.8 Å². The molecule has 0 aliphatic heterocycles. The predicted molar refractivity (Wildman–Crippen MR) is 95.9 cm³/mol. The molecule has 0 amide bonds. The molecule has 4 rings (SSSR count). The summed E-state index contributed by atoms with van der Waals surface area (Å²) in [5, 5.41) is 16.2. The molecule has 4 aromatic rings. The van der Waals surface area contributed by atoms with Crippen LogP contribution in [0.15, 0.2) is 36.4 Å². The highest BCUT2D eigenvalue weighted by molar-refractivity contribution is 5.77. The van der Waals surface area contributed by atoms with E-state index >= 15 is 0 Å². The van der Waals surface area contributed by atoms with Crippen LogP contribution in [0.4, 0.5) is 0 Å². The van der Waals surface area contributed by atoms with E-state index in [1.165, 1.54) is 11.1 Å². The van der Waals surface area contributed by atoms with Gasteiger partial charge in [0.2, 0.25) is 0 Å². The Morgan fingerprint density at radius 1 is 0.833 bits per heavy atom. The van der Waals surface area contributed by atoms with Crippen molar-refractivity contribution in [3.05, 3.63) is 47.5 Å². The standard InChI is InChI=1S/2C9H11N3/c1-3-12-9-5-4-7(2)6-8(9)10-11-12;1-3-12-8-6-4-5-7(2)9(8)10-11-12/h2*4-6H,3H2,1-2H3. The van der Waals surface area contributed by atoms with E-state index in [1.54, 1.807) is 0 Å². The lowest BCUT2D eigenvalue weighted by molar-refractivity contribution is 0.646. The molecule has 0 radical (unpaired) electrons. The van der Waals surface area contributed by atoms with Crippen molar-refractivity contribution < 1.29 is 0 Å². The van der Waals surface area contributed by atoms with Gasteiger partial charge in [0, 0.05) is 13.1 Å². The number of hydrogen-bond donors (Lipinski definition) is 0. The zero-order valence-corrected chi connectivity index (χ0v) is 14.6. The molecule has 0 unspecified atom stereocenters. The van der Waals surface area contributed by atoms with Crippen molar-refractivity contribution in [2.45, 2.75) is 40.8 Å². The third kappa shape index (κ3) is 2.99. The van der Waals surface area contributed by atoms with Crippen LogP contribution in [0.1, 0.15) is 25.0 Å². The summed E-state index contributed by atoms with van der Waals surface area (Å²) >= 11 is 0. The van der Waals surface area contributed by atoms with Crippen LogP contribution in [-0.2, 0) is 13.1 Å². The topological polar surface area (TPSA) is 61.4 Å². The Labute approximate surface area is 141 Å². The van der Waals surface area contributed by atoms with Crippen molar-refractivity contribution >= 4 is 22.1 Å². The van der Waals surface area contributed by atoms with E-state index in [1.807, 2.05) is 21.5 Å². The first-order valence-electron chi connectivity index (χ1n) is 8.22. The molecule has 0 aliphatic rings. The molecule has 2 heterocycles. The molecule has 0 atom stereocenters. The van der Waals surface area contributed by atoms with E-state index in [-0.39, 0.29) is 0 Å². The Hall–Kier alpha value is -2.76. The maximum Gasteiger partial charge on any atom is 0.116 e. The van der Waals surface area contributed by atoms with E-state index in [0.29, 0.717) is 0 Å². The van der Waals surface area contributed by atoms with Crippen LogP contribution >= 0.6 is 0 Å². The number of aromatic nitrogens is 6. The maximum absolute atomic E-state index is 4.10. The largest absolute Gasteiger partial charge is 0.245 e. The third-order valence-electron chi connectivity index (χ3n) is 4.02. The van der Waals surface area contributed by atoms with Gasteiger partial charge in [0.25, 0.3) is 0 Å². The van der Waals surface area contributed by atoms with Crippen LogP contribution in [-0.4, -0.2) is 30.0 Å². The van der Waals surface area contributed by atoms with Gasteiger partial charge in [0.15, 0.2) is 0 Å². The van der Waals surface area contributed by atoms with Crippen LogP contribution in [0.25, 0.3) is 22.1 Å². The third-order valence-corrected chi connectivity index (χ3v) is 4.02. The van der Waals surface area contributed by atoms with Crippen molar-refractivity contribution in [1.29, 1.82) is 0 Å². The van der Waals surface area contributed by atoms with Crippen LogP contribution < -0.4 is 0 Å². The minimum atomic E-state index is 0.875. The molecule has 0 bridgehead atoms. The summed E-state index contributed by atoms with van der Waals surface area (Å²) < 4.78 is 3.80. The average Bonchev–Trinajstić information content (AvgIpc) is 3.19. The van der Waals surface area contributed by atoms with Crippen LogP contribution in [0.3, 0.4) is 0 Å². The molecule has 0 saturated carbocycles. The fourth-order valence-electron chi connectivity index (χ4n) is 2.68. The van der Waals surface area contributed by atoms with Crippen molar-refractivity contribution in [3.63, 3.8) is 0 Å². The molecule has 24 heavy (non-hydrogen) atoms. The van der Waals surface area contributed by atoms with Gasteiger partial charge < -0.3 is 0 Å². The summed E-state index contributed by atoms with van der Waals surface area (Å²) in [5.74, 6) is 0. The molecule has 124 valence electrons. The zero-order valence-electron chi connectivity index (χ0n) is 14.6. The number of nitrogens with zero attached hydrogens (tertiary/aromatic N) is 6. The fraction of sp³-hybridized carbons (Fsp3) is 0.333. The molecule has 6 heteroatoms. The Bertz CT molecular complexity index is 966. The molecular weight excluding hydrogens is 300 g/mol. The number of rotatable bonds is 2. The summed E-state index contributed by atoms with van der Waals surface area (Å²) in [5.41, 5.74) is 6.65. The molecule has 6 nitrogen and oxygen atoms in total. The van der Waals surface area contributed by atoms with Gasteiger partial charge >= 0.3 is 0 Å². The van der Waals surface area contributed by atoms with Crippen LogP contribution in [0.5, 0.6) is 0 Å². The average molecular weight is 322 g/mol. The van der Waals surface area contributed by atoms with E-state index < -0.39 is 0 Å². The molecule has 0 aliphatic carbocycles. The molecule has 0 saturated heterocycles. The monoisotopic (exact) mass is 322 g/mol. The molecule has 0 N–H and O–H groups in total. The van der Waals surface area contributed by atoms with E-state index in [9.17, 15) is 0 Å². The number of fused-ring (bicyclic) bond motifs is 2. The Morgan fingerprint density at radius 3 is 2.29 bits per heavy atom. The summed E-state index contributed by atoms with van der Waals surface area (Å²) in [4.78, 5) is 0. The zero-order chi connectivity index (χ0) is 17.1. The van der Waals surface area contributed by atoms with Crippen molar-refractivity contribution in [3.8, 4) is 0 Å². The van der Waals surface area contributed by atoms with Gasteiger partial charge in [-0.05, 0) is 57.0 Å². The highest BCUT2D eigenvalue weighted by Crippen LogP contribution is 2.14. The molecule has 0 fully saturated rings. The summed E-state index contributed by atoms with van der Waals surface area (Å²) in [6.07, 6.45) is 0. The second kappa shape index (κ2) is 6.78. The van der Waals surface area contributed by atoms with Gasteiger partial charge in [-0.1, -0.05) is 28.6 Å². The molecule has 0 spiro atoms. The van der Waals surface area contributed by atoms with Crippen molar-refractivity contribution in [2.75, 3.05) is 0 Å². The minimum absolute atomic E-state index is 0.875. The SMILES string of the molecule is CCn1nnc2c(C)cccc21.CCn1nnc2cc(C)ccc21. The highest BCUT2D eigenvalue weighted by atomic mass is 15.4. The fourth-order valence-corrected chi connectivity index (χ4v) is 2.68. The van der Waals surface area contributed by atoms with Crippen LogP contribution in [0.2, 0.25) is 0 Å².